The maximum absolute atomic E-state index is 3.47. The van der Waals surface area contributed by atoms with Crippen molar-refractivity contribution >= 4 is 0 Å². The molecule has 0 unspecified atom stereocenters. The molecule has 0 spiro atoms. The molecule has 80 valence electrons. The van der Waals surface area contributed by atoms with Crippen LogP contribution in [0.25, 0.3) is 0 Å². The summed E-state index contributed by atoms with van der Waals surface area (Å²) in [7, 11) is 0. The highest BCUT2D eigenvalue weighted by Crippen LogP contribution is 2.10. The van der Waals surface area contributed by atoms with Crippen LogP contribution in [-0.4, -0.2) is 11.1 Å². The highest BCUT2D eigenvalue weighted by molar-refractivity contribution is 5.09. The smallest absolute Gasteiger partial charge is 0.0220 e. The summed E-state index contributed by atoms with van der Waals surface area (Å²) in [6.45, 7) is 12.0. The lowest BCUT2D eigenvalue weighted by Crippen LogP contribution is -2.26. The van der Waals surface area contributed by atoms with Crippen molar-refractivity contribution in [3.8, 4) is 0 Å². The zero-order valence-electron chi connectivity index (χ0n) is 9.80. The first-order valence-electron chi connectivity index (χ1n) is 5.36. The first kappa shape index (κ1) is 11.3. The topological polar surface area (TPSA) is 17.0 Å². The summed E-state index contributed by atoms with van der Waals surface area (Å²) in [5.74, 6) is 0. The second-order valence-corrected chi connectivity index (χ2v) is 5.01. The average Bonchev–Trinajstić information content (AvgIpc) is 2.50. The molecule has 1 N–H and O–H groups in total. The molecule has 0 saturated carbocycles. The van der Waals surface area contributed by atoms with Crippen LogP contribution in [0.15, 0.2) is 18.5 Å². The van der Waals surface area contributed by atoms with E-state index in [4.69, 9.17) is 0 Å². The summed E-state index contributed by atoms with van der Waals surface area (Å²) in [5.41, 5.74) is 1.74. The van der Waals surface area contributed by atoms with Crippen molar-refractivity contribution in [2.45, 2.75) is 40.8 Å². The molecule has 2 heteroatoms. The van der Waals surface area contributed by atoms with Gasteiger partial charge in [0.15, 0.2) is 0 Å². The molecule has 0 aromatic carbocycles. The molecule has 1 aromatic rings. The average molecular weight is 194 g/mol. The second-order valence-electron chi connectivity index (χ2n) is 5.01. The molecule has 0 fully saturated rings. The zero-order valence-corrected chi connectivity index (χ0v) is 9.80. The Morgan fingerprint density at radius 1 is 1.36 bits per heavy atom. The molecule has 0 atom stereocenters. The lowest BCUT2D eigenvalue weighted by molar-refractivity contribution is 0.379. The van der Waals surface area contributed by atoms with Crippen LogP contribution in [0.4, 0.5) is 0 Å². The fourth-order valence-electron chi connectivity index (χ4n) is 1.37. The van der Waals surface area contributed by atoms with Gasteiger partial charge in [-0.3, -0.25) is 0 Å². The van der Waals surface area contributed by atoms with Crippen LogP contribution in [0.5, 0.6) is 0 Å². The molecule has 1 aromatic heterocycles. The molecular weight excluding hydrogens is 172 g/mol. The van der Waals surface area contributed by atoms with E-state index in [9.17, 15) is 0 Å². The van der Waals surface area contributed by atoms with Gasteiger partial charge in [0.1, 0.15) is 0 Å². The Morgan fingerprint density at radius 2 is 2.07 bits per heavy atom. The fourth-order valence-corrected chi connectivity index (χ4v) is 1.37. The van der Waals surface area contributed by atoms with Gasteiger partial charge in [-0.05, 0) is 24.0 Å². The Labute approximate surface area is 87.3 Å². The van der Waals surface area contributed by atoms with Gasteiger partial charge in [-0.25, -0.2) is 0 Å². The minimum atomic E-state index is 0.368. The third kappa shape index (κ3) is 3.97. The molecule has 0 aliphatic heterocycles. The Hall–Kier alpha value is -0.760. The molecule has 0 amide bonds. The highest BCUT2D eigenvalue weighted by atomic mass is 14.9. The van der Waals surface area contributed by atoms with Gasteiger partial charge >= 0.3 is 0 Å². The van der Waals surface area contributed by atoms with E-state index >= 15 is 0 Å². The Morgan fingerprint density at radius 3 is 2.57 bits per heavy atom. The zero-order chi connectivity index (χ0) is 10.6. The van der Waals surface area contributed by atoms with Crippen molar-refractivity contribution in [2.75, 3.05) is 6.54 Å². The Kier molecular flexibility index (Phi) is 3.76. The van der Waals surface area contributed by atoms with Gasteiger partial charge in [0.25, 0.3) is 0 Å². The summed E-state index contributed by atoms with van der Waals surface area (Å²) >= 11 is 0. The molecule has 1 heterocycles. The van der Waals surface area contributed by atoms with Gasteiger partial charge in [-0.1, -0.05) is 20.8 Å². The Bertz CT molecular complexity index is 268. The van der Waals surface area contributed by atoms with Gasteiger partial charge in [0.05, 0.1) is 0 Å². The van der Waals surface area contributed by atoms with Crippen LogP contribution < -0.4 is 5.32 Å². The van der Waals surface area contributed by atoms with E-state index in [0.29, 0.717) is 5.41 Å². The number of aromatic nitrogens is 1. The third-order valence-electron chi connectivity index (χ3n) is 2.16. The molecule has 0 saturated heterocycles. The van der Waals surface area contributed by atoms with Gasteiger partial charge in [-0.2, -0.15) is 0 Å². The maximum atomic E-state index is 3.47. The number of hydrogen-bond donors (Lipinski definition) is 1. The molecule has 0 radical (unpaired) electrons. The molecule has 14 heavy (non-hydrogen) atoms. The number of rotatable bonds is 4. The third-order valence-corrected chi connectivity index (χ3v) is 2.16. The monoisotopic (exact) mass is 194 g/mol. The predicted molar refractivity (Wildman–Crippen MR) is 61.3 cm³/mol. The summed E-state index contributed by atoms with van der Waals surface area (Å²) in [6, 6.07) is 2.18. The molecule has 0 bridgehead atoms. The number of aryl methyl sites for hydroxylation is 1. The van der Waals surface area contributed by atoms with E-state index in [-0.39, 0.29) is 0 Å². The van der Waals surface area contributed by atoms with Gasteiger partial charge < -0.3 is 9.88 Å². The van der Waals surface area contributed by atoms with Crippen molar-refractivity contribution in [3.05, 3.63) is 24.0 Å². The van der Waals surface area contributed by atoms with Crippen molar-refractivity contribution < 1.29 is 0 Å². The van der Waals surface area contributed by atoms with E-state index < -0.39 is 0 Å². The van der Waals surface area contributed by atoms with Crippen LogP contribution in [-0.2, 0) is 13.1 Å². The molecule has 0 aliphatic carbocycles. The SMILES string of the molecule is CCn1ccc(CNCC(C)(C)C)c1. The van der Waals surface area contributed by atoms with Crippen molar-refractivity contribution in [3.63, 3.8) is 0 Å². The quantitative estimate of drug-likeness (QED) is 0.779. The van der Waals surface area contributed by atoms with Crippen LogP contribution in [0, 0.1) is 5.41 Å². The maximum Gasteiger partial charge on any atom is 0.0220 e. The highest BCUT2D eigenvalue weighted by Gasteiger charge is 2.08. The predicted octanol–water partition coefficient (Wildman–Crippen LogP) is 2.64. The lowest BCUT2D eigenvalue weighted by Gasteiger charge is -2.18. The van der Waals surface area contributed by atoms with E-state index in [1.165, 1.54) is 5.56 Å². The molecule has 0 aliphatic rings. The van der Waals surface area contributed by atoms with Crippen LogP contribution in [0.1, 0.15) is 33.3 Å². The first-order chi connectivity index (χ1) is 6.51. The van der Waals surface area contributed by atoms with Gasteiger partial charge in [0.2, 0.25) is 0 Å². The minimum Gasteiger partial charge on any atom is -0.354 e. The summed E-state index contributed by atoms with van der Waals surface area (Å²) in [4.78, 5) is 0. The normalized spacial score (nSPS) is 12.0. The van der Waals surface area contributed by atoms with Gasteiger partial charge in [0, 0.05) is 32.0 Å². The largest absolute Gasteiger partial charge is 0.354 e. The minimum absolute atomic E-state index is 0.368. The summed E-state index contributed by atoms with van der Waals surface area (Å²) in [6.07, 6.45) is 4.34. The molecule has 1 rings (SSSR count). The van der Waals surface area contributed by atoms with Gasteiger partial charge in [-0.15, -0.1) is 0 Å². The first-order valence-corrected chi connectivity index (χ1v) is 5.36. The number of nitrogens with one attached hydrogen (secondary N) is 1. The van der Waals surface area contributed by atoms with Crippen molar-refractivity contribution in [2.24, 2.45) is 5.41 Å². The molecule has 2 nitrogen and oxygen atoms in total. The Balaban J connectivity index is 2.31. The van der Waals surface area contributed by atoms with E-state index in [2.05, 4.69) is 56.0 Å². The second kappa shape index (κ2) is 4.65. The van der Waals surface area contributed by atoms with Crippen LogP contribution in [0.3, 0.4) is 0 Å². The lowest BCUT2D eigenvalue weighted by atomic mass is 9.97. The van der Waals surface area contributed by atoms with E-state index in [1.807, 2.05) is 0 Å². The van der Waals surface area contributed by atoms with Crippen LogP contribution >= 0.6 is 0 Å². The summed E-state index contributed by atoms with van der Waals surface area (Å²) < 4.78 is 2.20. The van der Waals surface area contributed by atoms with Crippen LogP contribution in [0.2, 0.25) is 0 Å². The fraction of sp³-hybridized carbons (Fsp3) is 0.667. The van der Waals surface area contributed by atoms with Crippen molar-refractivity contribution in [1.29, 1.82) is 0 Å². The molecular formula is C12H22N2. The number of hydrogen-bond acceptors (Lipinski definition) is 1. The van der Waals surface area contributed by atoms with E-state index in [0.717, 1.165) is 19.6 Å². The standard InChI is InChI=1S/C12H22N2/c1-5-14-7-6-11(9-14)8-13-10-12(2,3)4/h6-7,9,13H,5,8,10H2,1-4H3. The summed E-state index contributed by atoms with van der Waals surface area (Å²) in [5, 5.41) is 3.47. The van der Waals surface area contributed by atoms with E-state index in [1.54, 1.807) is 0 Å². The number of nitrogens with zero attached hydrogens (tertiary/aromatic N) is 1. The van der Waals surface area contributed by atoms with Crippen molar-refractivity contribution in [1.82, 2.24) is 9.88 Å².